The molecule has 1 unspecified atom stereocenters. The fourth-order valence-electron chi connectivity index (χ4n) is 2.03. The minimum absolute atomic E-state index is 0.325. The zero-order chi connectivity index (χ0) is 14.7. The van der Waals surface area contributed by atoms with Crippen LogP contribution in [0.5, 0.6) is 0 Å². The van der Waals surface area contributed by atoms with Crippen molar-refractivity contribution in [3.63, 3.8) is 0 Å². The number of benzene rings is 1. The molecule has 0 spiro atoms. The summed E-state index contributed by atoms with van der Waals surface area (Å²) in [5.41, 5.74) is 0.676. The molecule has 0 saturated carbocycles. The van der Waals surface area contributed by atoms with Gasteiger partial charge in [0.05, 0.1) is 6.04 Å². The first kappa shape index (κ1) is 15.6. The summed E-state index contributed by atoms with van der Waals surface area (Å²) >= 11 is 4.99. The second-order valence-corrected chi connectivity index (χ2v) is 6.44. The van der Waals surface area contributed by atoms with Gasteiger partial charge in [0.25, 0.3) is 0 Å². The maximum atomic E-state index is 14.2. The highest BCUT2D eigenvalue weighted by Gasteiger charge is 2.22. The van der Waals surface area contributed by atoms with E-state index in [0.29, 0.717) is 11.1 Å². The van der Waals surface area contributed by atoms with Gasteiger partial charge in [-0.3, -0.25) is 0 Å². The van der Waals surface area contributed by atoms with E-state index in [-0.39, 0.29) is 17.7 Å². The second kappa shape index (κ2) is 6.78. The van der Waals surface area contributed by atoms with Gasteiger partial charge in [0.15, 0.2) is 0 Å². The minimum Gasteiger partial charge on any atom is -0.305 e. The van der Waals surface area contributed by atoms with Crippen LogP contribution in [0, 0.1) is 18.6 Å². The molecule has 0 saturated heterocycles. The van der Waals surface area contributed by atoms with E-state index in [0.717, 1.165) is 22.3 Å². The SMILES string of the molecule is CCCNC(c1cc(F)c(C)cc1F)c1sccc1Br. The Balaban J connectivity index is 2.46. The molecule has 1 nitrogen and oxygen atoms in total. The number of nitrogens with one attached hydrogen (secondary N) is 1. The fraction of sp³-hybridized carbons (Fsp3) is 0.333. The van der Waals surface area contributed by atoms with Gasteiger partial charge in [-0.2, -0.15) is 0 Å². The number of rotatable bonds is 5. The van der Waals surface area contributed by atoms with Crippen LogP contribution in [0.25, 0.3) is 0 Å². The molecule has 1 N–H and O–H groups in total. The first-order chi connectivity index (χ1) is 9.54. The highest BCUT2D eigenvalue weighted by Crippen LogP contribution is 2.34. The third-order valence-electron chi connectivity index (χ3n) is 3.09. The Hall–Kier alpha value is -0.780. The van der Waals surface area contributed by atoms with Gasteiger partial charge in [0, 0.05) is 14.9 Å². The maximum absolute atomic E-state index is 14.2. The fourth-order valence-corrected chi connectivity index (χ4v) is 3.72. The van der Waals surface area contributed by atoms with Crippen molar-refractivity contribution in [1.29, 1.82) is 0 Å². The lowest BCUT2D eigenvalue weighted by atomic mass is 10.0. The van der Waals surface area contributed by atoms with E-state index < -0.39 is 0 Å². The molecule has 5 heteroatoms. The molecule has 0 radical (unpaired) electrons. The third-order valence-corrected chi connectivity index (χ3v) is 5.03. The van der Waals surface area contributed by atoms with Crippen LogP contribution in [0.15, 0.2) is 28.1 Å². The lowest BCUT2D eigenvalue weighted by Gasteiger charge is -2.19. The molecule has 1 heterocycles. The van der Waals surface area contributed by atoms with Gasteiger partial charge < -0.3 is 5.32 Å². The predicted molar refractivity (Wildman–Crippen MR) is 83.3 cm³/mol. The van der Waals surface area contributed by atoms with Crippen molar-refractivity contribution in [2.45, 2.75) is 26.3 Å². The third kappa shape index (κ3) is 3.27. The number of hydrogen-bond donors (Lipinski definition) is 1. The monoisotopic (exact) mass is 359 g/mol. The van der Waals surface area contributed by atoms with Crippen molar-refractivity contribution in [3.05, 3.63) is 55.7 Å². The number of aryl methyl sites for hydroxylation is 1. The molecule has 108 valence electrons. The molecule has 0 aliphatic rings. The summed E-state index contributed by atoms with van der Waals surface area (Å²) in [6, 6.07) is 4.14. The predicted octanol–water partition coefficient (Wildman–Crippen LogP) is 5.19. The molecular formula is C15H16BrF2NS. The average Bonchev–Trinajstić information content (AvgIpc) is 2.82. The van der Waals surface area contributed by atoms with E-state index in [9.17, 15) is 8.78 Å². The summed E-state index contributed by atoms with van der Waals surface area (Å²) in [6.07, 6.45) is 0.926. The lowest BCUT2D eigenvalue weighted by molar-refractivity contribution is 0.535. The van der Waals surface area contributed by atoms with Gasteiger partial charge in [-0.05, 0) is 65.0 Å². The van der Waals surface area contributed by atoms with E-state index in [2.05, 4.69) is 21.2 Å². The van der Waals surface area contributed by atoms with E-state index in [1.54, 1.807) is 6.92 Å². The van der Waals surface area contributed by atoms with Gasteiger partial charge in [0.2, 0.25) is 0 Å². The molecule has 0 aliphatic carbocycles. The number of hydrogen-bond acceptors (Lipinski definition) is 2. The summed E-state index contributed by atoms with van der Waals surface area (Å²) in [6.45, 7) is 4.35. The largest absolute Gasteiger partial charge is 0.305 e. The quantitative estimate of drug-likeness (QED) is 0.774. The summed E-state index contributed by atoms with van der Waals surface area (Å²) < 4.78 is 28.9. The van der Waals surface area contributed by atoms with Gasteiger partial charge in [-0.1, -0.05) is 6.92 Å². The summed E-state index contributed by atoms with van der Waals surface area (Å²) in [7, 11) is 0. The topological polar surface area (TPSA) is 12.0 Å². The molecule has 0 amide bonds. The molecule has 1 atom stereocenters. The number of thiophene rings is 1. The second-order valence-electron chi connectivity index (χ2n) is 4.64. The van der Waals surface area contributed by atoms with Crippen molar-refractivity contribution < 1.29 is 8.78 Å². The lowest BCUT2D eigenvalue weighted by Crippen LogP contribution is -2.24. The normalized spacial score (nSPS) is 12.7. The molecule has 0 aliphatic heterocycles. The first-order valence-electron chi connectivity index (χ1n) is 6.46. The van der Waals surface area contributed by atoms with E-state index in [1.807, 2.05) is 18.4 Å². The molecular weight excluding hydrogens is 344 g/mol. The van der Waals surface area contributed by atoms with Crippen molar-refractivity contribution >= 4 is 27.3 Å². The van der Waals surface area contributed by atoms with E-state index >= 15 is 0 Å². The molecule has 2 rings (SSSR count). The molecule has 1 aromatic heterocycles. The maximum Gasteiger partial charge on any atom is 0.128 e. The Bertz CT molecular complexity index is 598. The van der Waals surface area contributed by atoms with Gasteiger partial charge in [-0.15, -0.1) is 11.3 Å². The van der Waals surface area contributed by atoms with Crippen LogP contribution in [0.1, 0.15) is 35.4 Å². The summed E-state index contributed by atoms with van der Waals surface area (Å²) in [4.78, 5) is 0.959. The highest BCUT2D eigenvalue weighted by molar-refractivity contribution is 9.10. The van der Waals surface area contributed by atoms with Crippen LogP contribution in [-0.2, 0) is 0 Å². The molecule has 20 heavy (non-hydrogen) atoms. The zero-order valence-corrected chi connectivity index (χ0v) is 13.7. The smallest absolute Gasteiger partial charge is 0.128 e. The van der Waals surface area contributed by atoms with Crippen LogP contribution in [0.3, 0.4) is 0 Å². The molecule has 1 aromatic carbocycles. The van der Waals surface area contributed by atoms with Crippen molar-refractivity contribution in [2.24, 2.45) is 0 Å². The van der Waals surface area contributed by atoms with Crippen molar-refractivity contribution in [2.75, 3.05) is 6.54 Å². The molecule has 2 aromatic rings. The zero-order valence-electron chi connectivity index (χ0n) is 11.3. The van der Waals surface area contributed by atoms with Gasteiger partial charge in [0.1, 0.15) is 11.6 Å². The van der Waals surface area contributed by atoms with Crippen molar-refractivity contribution in [3.8, 4) is 0 Å². The Morgan fingerprint density at radius 1 is 1.30 bits per heavy atom. The summed E-state index contributed by atoms with van der Waals surface area (Å²) in [5, 5.41) is 5.22. The standard InChI is InChI=1S/C15H16BrF2NS/c1-3-5-19-14(15-11(16)4-6-20-15)10-8-12(17)9(2)7-13(10)18/h4,6-8,14,19H,3,5H2,1-2H3. The number of halogens is 3. The van der Waals surface area contributed by atoms with Crippen molar-refractivity contribution in [1.82, 2.24) is 5.32 Å². The van der Waals surface area contributed by atoms with E-state index in [1.165, 1.54) is 23.5 Å². The first-order valence-corrected chi connectivity index (χ1v) is 8.13. The molecule has 0 fully saturated rings. The summed E-state index contributed by atoms with van der Waals surface area (Å²) in [5.74, 6) is -0.754. The Labute approximate surface area is 130 Å². The Morgan fingerprint density at radius 3 is 2.65 bits per heavy atom. The van der Waals surface area contributed by atoms with Gasteiger partial charge in [-0.25, -0.2) is 8.78 Å². The van der Waals surface area contributed by atoms with Crippen LogP contribution in [0.2, 0.25) is 0 Å². The Morgan fingerprint density at radius 2 is 2.05 bits per heavy atom. The molecule has 0 bridgehead atoms. The minimum atomic E-state index is -0.377. The van der Waals surface area contributed by atoms with Crippen LogP contribution >= 0.6 is 27.3 Å². The highest BCUT2D eigenvalue weighted by atomic mass is 79.9. The van der Waals surface area contributed by atoms with Crippen LogP contribution in [0.4, 0.5) is 8.78 Å². The van der Waals surface area contributed by atoms with Crippen LogP contribution < -0.4 is 5.32 Å². The van der Waals surface area contributed by atoms with Crippen LogP contribution in [-0.4, -0.2) is 6.54 Å². The van der Waals surface area contributed by atoms with Gasteiger partial charge >= 0.3 is 0 Å². The Kier molecular flexibility index (Phi) is 5.29. The average molecular weight is 360 g/mol. The van der Waals surface area contributed by atoms with E-state index in [4.69, 9.17) is 0 Å².